The van der Waals surface area contributed by atoms with Crippen LogP contribution >= 0.6 is 0 Å². The van der Waals surface area contributed by atoms with Gasteiger partial charge in [0.15, 0.2) is 0 Å². The van der Waals surface area contributed by atoms with Gasteiger partial charge in [0.25, 0.3) is 0 Å². The number of carbonyl (C=O) groups excluding carboxylic acids is 1. The highest BCUT2D eigenvalue weighted by atomic mass is 16.5. The van der Waals surface area contributed by atoms with Crippen LogP contribution in [0.4, 0.5) is 10.5 Å². The molecule has 0 saturated carbocycles. The van der Waals surface area contributed by atoms with Crippen LogP contribution in [0.2, 0.25) is 0 Å². The quantitative estimate of drug-likeness (QED) is 0.859. The molecule has 0 saturated heterocycles. The maximum atomic E-state index is 11.8. The molecule has 0 heterocycles. The molecule has 1 N–H and O–H groups in total. The summed E-state index contributed by atoms with van der Waals surface area (Å²) in [5, 5.41) is 2.88. The Bertz CT molecular complexity index is 394. The Hall–Kier alpha value is -1.55. The summed E-state index contributed by atoms with van der Waals surface area (Å²) in [4.78, 5) is 13.8. The first kappa shape index (κ1) is 15.5. The summed E-state index contributed by atoms with van der Waals surface area (Å²) in [5.41, 5.74) is 3.19. The molecule has 4 nitrogen and oxygen atoms in total. The van der Waals surface area contributed by atoms with E-state index in [4.69, 9.17) is 4.74 Å². The van der Waals surface area contributed by atoms with Crippen molar-refractivity contribution in [1.82, 2.24) is 4.90 Å². The number of aryl methyl sites for hydroxylation is 2. The van der Waals surface area contributed by atoms with Gasteiger partial charge in [-0.15, -0.1) is 0 Å². The van der Waals surface area contributed by atoms with Gasteiger partial charge in [-0.25, -0.2) is 4.79 Å². The van der Waals surface area contributed by atoms with Gasteiger partial charge in [0, 0.05) is 6.54 Å². The highest BCUT2D eigenvalue weighted by Crippen LogP contribution is 2.22. The average Bonchev–Trinajstić information content (AvgIpc) is 2.38. The second-order valence-corrected chi connectivity index (χ2v) is 4.72. The van der Waals surface area contributed by atoms with Gasteiger partial charge in [-0.3, -0.25) is 5.32 Å². The van der Waals surface area contributed by atoms with E-state index in [1.807, 2.05) is 37.2 Å². The van der Waals surface area contributed by atoms with E-state index in [0.29, 0.717) is 6.61 Å². The molecule has 0 aromatic heterocycles. The number of likely N-dealkylation sites (N-methyl/N-ethyl adjacent to an activating group) is 1. The molecule has 0 atom stereocenters. The molecule has 0 aliphatic rings. The number of anilines is 1. The van der Waals surface area contributed by atoms with E-state index in [1.54, 1.807) is 0 Å². The zero-order chi connectivity index (χ0) is 14.3. The summed E-state index contributed by atoms with van der Waals surface area (Å²) in [5.74, 6) is 0. The molecule has 0 bridgehead atoms. The highest BCUT2D eigenvalue weighted by molar-refractivity contribution is 5.87. The Balaban J connectivity index is 2.67. The number of carbonyl (C=O) groups is 1. The molecule has 0 spiro atoms. The average molecular weight is 264 g/mol. The number of rotatable bonds is 6. The van der Waals surface area contributed by atoms with E-state index in [1.165, 1.54) is 0 Å². The molecule has 19 heavy (non-hydrogen) atoms. The van der Waals surface area contributed by atoms with Crippen LogP contribution in [0.15, 0.2) is 18.2 Å². The van der Waals surface area contributed by atoms with E-state index in [-0.39, 0.29) is 6.09 Å². The van der Waals surface area contributed by atoms with E-state index < -0.39 is 0 Å². The number of nitrogens with one attached hydrogen (secondary N) is 1. The number of hydrogen-bond acceptors (Lipinski definition) is 3. The van der Waals surface area contributed by atoms with Crippen molar-refractivity contribution >= 4 is 11.8 Å². The Kier molecular flexibility index (Phi) is 6.36. The van der Waals surface area contributed by atoms with Crippen molar-refractivity contribution in [3.63, 3.8) is 0 Å². The van der Waals surface area contributed by atoms with E-state index in [0.717, 1.165) is 36.2 Å². The fourth-order valence-corrected chi connectivity index (χ4v) is 1.86. The lowest BCUT2D eigenvalue weighted by molar-refractivity contribution is 0.151. The first-order valence-electron chi connectivity index (χ1n) is 6.77. The number of amides is 1. The van der Waals surface area contributed by atoms with Crippen molar-refractivity contribution < 1.29 is 9.53 Å². The van der Waals surface area contributed by atoms with E-state index in [9.17, 15) is 4.79 Å². The lowest BCUT2D eigenvalue weighted by Gasteiger charge is -2.15. The summed E-state index contributed by atoms with van der Waals surface area (Å²) in [7, 11) is 3.89. The Morgan fingerprint density at radius 3 is 2.26 bits per heavy atom. The zero-order valence-corrected chi connectivity index (χ0v) is 12.3. The smallest absolute Gasteiger partial charge is 0.411 e. The second-order valence-electron chi connectivity index (χ2n) is 4.72. The molecular formula is C15H24N2O2. The monoisotopic (exact) mass is 264 g/mol. The fourth-order valence-electron chi connectivity index (χ4n) is 1.86. The van der Waals surface area contributed by atoms with Crippen molar-refractivity contribution in [3.05, 3.63) is 29.3 Å². The maximum absolute atomic E-state index is 11.8. The SMILES string of the molecule is CCc1cccc(CC)c1NC(=O)OCCN(C)C. The van der Waals surface area contributed by atoms with Crippen LogP contribution in [-0.2, 0) is 17.6 Å². The van der Waals surface area contributed by atoms with Crippen molar-refractivity contribution in [2.75, 3.05) is 32.6 Å². The summed E-state index contributed by atoms with van der Waals surface area (Å²) < 4.78 is 5.16. The number of ether oxygens (including phenoxy) is 1. The van der Waals surface area contributed by atoms with Gasteiger partial charge in [-0.05, 0) is 38.1 Å². The van der Waals surface area contributed by atoms with Gasteiger partial charge < -0.3 is 9.64 Å². The minimum atomic E-state index is -0.377. The normalized spacial score (nSPS) is 10.6. The summed E-state index contributed by atoms with van der Waals surface area (Å²) in [6.45, 7) is 5.28. The lowest BCUT2D eigenvalue weighted by atomic mass is 10.0. The minimum Gasteiger partial charge on any atom is -0.448 e. The molecule has 4 heteroatoms. The summed E-state index contributed by atoms with van der Waals surface area (Å²) >= 11 is 0. The second kappa shape index (κ2) is 7.79. The molecule has 1 amide bonds. The van der Waals surface area contributed by atoms with Crippen molar-refractivity contribution in [3.8, 4) is 0 Å². The molecule has 0 fully saturated rings. The topological polar surface area (TPSA) is 41.6 Å². The third-order valence-corrected chi connectivity index (χ3v) is 3.00. The maximum Gasteiger partial charge on any atom is 0.411 e. The molecule has 0 unspecified atom stereocenters. The van der Waals surface area contributed by atoms with Crippen LogP contribution in [-0.4, -0.2) is 38.2 Å². The van der Waals surface area contributed by atoms with Crippen LogP contribution in [0.3, 0.4) is 0 Å². The van der Waals surface area contributed by atoms with E-state index >= 15 is 0 Å². The van der Waals surface area contributed by atoms with Crippen molar-refractivity contribution in [1.29, 1.82) is 0 Å². The Labute approximate surface area is 115 Å². The first-order valence-corrected chi connectivity index (χ1v) is 6.77. The van der Waals surface area contributed by atoms with Gasteiger partial charge in [0.2, 0.25) is 0 Å². The van der Waals surface area contributed by atoms with Gasteiger partial charge in [-0.1, -0.05) is 32.0 Å². The van der Waals surface area contributed by atoms with Crippen molar-refractivity contribution in [2.45, 2.75) is 26.7 Å². The predicted octanol–water partition coefficient (Wildman–Crippen LogP) is 2.92. The number of nitrogens with zero attached hydrogens (tertiary/aromatic N) is 1. The number of hydrogen-bond donors (Lipinski definition) is 1. The lowest BCUT2D eigenvalue weighted by Crippen LogP contribution is -2.23. The Morgan fingerprint density at radius 2 is 1.79 bits per heavy atom. The van der Waals surface area contributed by atoms with Crippen LogP contribution < -0.4 is 5.32 Å². The number of para-hydroxylation sites is 1. The summed E-state index contributed by atoms with van der Waals surface area (Å²) in [6.07, 6.45) is 1.40. The highest BCUT2D eigenvalue weighted by Gasteiger charge is 2.10. The third-order valence-electron chi connectivity index (χ3n) is 3.00. The van der Waals surface area contributed by atoms with Crippen molar-refractivity contribution in [2.24, 2.45) is 0 Å². The largest absolute Gasteiger partial charge is 0.448 e. The molecule has 1 rings (SSSR count). The molecule has 1 aromatic rings. The number of benzene rings is 1. The third kappa shape index (κ3) is 4.91. The van der Waals surface area contributed by atoms with Gasteiger partial charge in [0.05, 0.1) is 5.69 Å². The van der Waals surface area contributed by atoms with Crippen LogP contribution in [0, 0.1) is 0 Å². The molecule has 0 aliphatic carbocycles. The minimum absolute atomic E-state index is 0.377. The molecule has 0 radical (unpaired) electrons. The molecule has 1 aromatic carbocycles. The fraction of sp³-hybridized carbons (Fsp3) is 0.533. The van der Waals surface area contributed by atoms with Crippen LogP contribution in [0.5, 0.6) is 0 Å². The summed E-state index contributed by atoms with van der Waals surface area (Å²) in [6, 6.07) is 6.10. The van der Waals surface area contributed by atoms with E-state index in [2.05, 4.69) is 19.2 Å². The zero-order valence-electron chi connectivity index (χ0n) is 12.3. The van der Waals surface area contributed by atoms with Gasteiger partial charge in [0.1, 0.15) is 6.61 Å². The van der Waals surface area contributed by atoms with Gasteiger partial charge in [-0.2, -0.15) is 0 Å². The molecular weight excluding hydrogens is 240 g/mol. The predicted molar refractivity (Wildman–Crippen MR) is 78.7 cm³/mol. The standard InChI is InChI=1S/C15H24N2O2/c1-5-12-8-7-9-13(6-2)14(12)16-15(18)19-11-10-17(3)4/h7-9H,5-6,10-11H2,1-4H3,(H,16,18). The Morgan fingerprint density at radius 1 is 1.21 bits per heavy atom. The van der Waals surface area contributed by atoms with Crippen LogP contribution in [0.1, 0.15) is 25.0 Å². The van der Waals surface area contributed by atoms with Gasteiger partial charge >= 0.3 is 6.09 Å². The first-order chi connectivity index (χ1) is 9.08. The van der Waals surface area contributed by atoms with Crippen LogP contribution in [0.25, 0.3) is 0 Å². The molecule has 0 aliphatic heterocycles. The molecule has 106 valence electrons.